The van der Waals surface area contributed by atoms with Crippen molar-refractivity contribution in [2.24, 2.45) is 0 Å². The van der Waals surface area contributed by atoms with E-state index in [9.17, 15) is 8.78 Å². The summed E-state index contributed by atoms with van der Waals surface area (Å²) < 4.78 is 23.8. The van der Waals surface area contributed by atoms with Crippen LogP contribution in [0.2, 0.25) is 0 Å². The molecule has 0 amide bonds. The maximum absolute atomic E-state index is 11.9. The monoisotopic (exact) mass is 204 g/mol. The predicted molar refractivity (Wildman–Crippen MR) is 49.1 cm³/mol. The lowest BCUT2D eigenvalue weighted by atomic mass is 10.2. The molecule has 0 spiro atoms. The Balaban J connectivity index is 2.59. The van der Waals surface area contributed by atoms with Crippen LogP contribution in [-0.2, 0) is 6.42 Å². The van der Waals surface area contributed by atoms with Gasteiger partial charge in [-0.2, -0.15) is 8.78 Å². The lowest BCUT2D eigenvalue weighted by Gasteiger charge is -2.01. The van der Waals surface area contributed by atoms with Crippen LogP contribution in [0.15, 0.2) is 29.2 Å². The Morgan fingerprint density at radius 1 is 1.23 bits per heavy atom. The van der Waals surface area contributed by atoms with Gasteiger partial charge in [0.25, 0.3) is 5.76 Å². The van der Waals surface area contributed by atoms with Crippen LogP contribution in [0, 0.1) is 0 Å². The summed E-state index contributed by atoms with van der Waals surface area (Å²) in [5.74, 6) is -2.37. The number of rotatable bonds is 4. The zero-order valence-electron chi connectivity index (χ0n) is 6.91. The first-order valence-electron chi connectivity index (χ1n) is 3.87. The summed E-state index contributed by atoms with van der Waals surface area (Å²) in [7, 11) is 0. The van der Waals surface area contributed by atoms with E-state index in [2.05, 4.69) is 0 Å². The van der Waals surface area contributed by atoms with E-state index in [1.165, 1.54) is 0 Å². The highest BCUT2D eigenvalue weighted by atomic mass is 32.2. The Hall–Kier alpha value is -0.610. The van der Waals surface area contributed by atoms with Gasteiger partial charge in [-0.3, -0.25) is 0 Å². The molecule has 0 saturated carbocycles. The minimum absolute atomic E-state index is 0.0847. The number of benzene rings is 1. The van der Waals surface area contributed by atoms with Crippen LogP contribution in [0.4, 0.5) is 8.78 Å². The van der Waals surface area contributed by atoms with E-state index in [0.717, 1.165) is 5.56 Å². The van der Waals surface area contributed by atoms with Crippen LogP contribution in [0.25, 0.3) is 0 Å². The molecule has 1 nitrogen and oxygen atoms in total. The van der Waals surface area contributed by atoms with Crippen LogP contribution < -0.4 is 0 Å². The highest BCUT2D eigenvalue weighted by Crippen LogP contribution is 2.25. The summed E-state index contributed by atoms with van der Waals surface area (Å²) in [4.78, 5) is 0.552. The van der Waals surface area contributed by atoms with Crippen LogP contribution in [0.3, 0.4) is 0 Å². The molecule has 1 N–H and O–H groups in total. The van der Waals surface area contributed by atoms with Gasteiger partial charge in [0.05, 0.1) is 0 Å². The molecule has 0 aromatic heterocycles. The molecular weight excluding hydrogens is 194 g/mol. The number of hydrogen-bond donors (Lipinski definition) is 1. The predicted octanol–water partition coefficient (Wildman–Crippen LogP) is 2.54. The zero-order valence-corrected chi connectivity index (χ0v) is 7.73. The van der Waals surface area contributed by atoms with Gasteiger partial charge in [0.15, 0.2) is 0 Å². The fraction of sp³-hybridized carbons (Fsp3) is 0.333. The Bertz CT molecular complexity index is 248. The molecule has 13 heavy (non-hydrogen) atoms. The summed E-state index contributed by atoms with van der Waals surface area (Å²) in [5, 5.41) is 8.61. The number of aliphatic hydroxyl groups is 1. The van der Waals surface area contributed by atoms with Crippen molar-refractivity contribution in [2.75, 3.05) is 6.61 Å². The van der Waals surface area contributed by atoms with E-state index in [-0.39, 0.29) is 6.61 Å². The van der Waals surface area contributed by atoms with E-state index in [1.807, 2.05) is 0 Å². The SMILES string of the molecule is OCCc1ccc(SC(F)F)cc1. The number of thioether (sulfide) groups is 1. The maximum atomic E-state index is 11.9. The Kier molecular flexibility index (Phi) is 4.18. The van der Waals surface area contributed by atoms with Gasteiger partial charge in [-0.15, -0.1) is 0 Å². The quantitative estimate of drug-likeness (QED) is 0.760. The Morgan fingerprint density at radius 3 is 2.31 bits per heavy atom. The summed E-state index contributed by atoms with van der Waals surface area (Å²) >= 11 is 0.529. The van der Waals surface area contributed by atoms with E-state index in [0.29, 0.717) is 23.1 Å². The van der Waals surface area contributed by atoms with Gasteiger partial charge in [-0.05, 0) is 24.1 Å². The van der Waals surface area contributed by atoms with Gasteiger partial charge < -0.3 is 5.11 Å². The van der Waals surface area contributed by atoms with E-state index in [1.54, 1.807) is 24.3 Å². The molecule has 0 atom stereocenters. The smallest absolute Gasteiger partial charge is 0.288 e. The van der Waals surface area contributed by atoms with Gasteiger partial charge >= 0.3 is 0 Å². The minimum Gasteiger partial charge on any atom is -0.396 e. The minimum atomic E-state index is -2.37. The molecule has 72 valence electrons. The first-order chi connectivity index (χ1) is 6.22. The molecular formula is C9H10F2OS. The largest absolute Gasteiger partial charge is 0.396 e. The molecule has 0 radical (unpaired) electrons. The molecule has 1 aromatic rings. The Morgan fingerprint density at radius 2 is 1.85 bits per heavy atom. The van der Waals surface area contributed by atoms with Crippen molar-refractivity contribution in [3.63, 3.8) is 0 Å². The zero-order chi connectivity index (χ0) is 9.68. The van der Waals surface area contributed by atoms with Crippen molar-refractivity contribution in [1.82, 2.24) is 0 Å². The Labute approximate surface area is 79.8 Å². The molecule has 0 aliphatic carbocycles. The van der Waals surface area contributed by atoms with Gasteiger partial charge in [0.1, 0.15) is 0 Å². The number of halogens is 2. The van der Waals surface area contributed by atoms with Gasteiger partial charge in [-0.25, -0.2) is 0 Å². The topological polar surface area (TPSA) is 20.2 Å². The average molecular weight is 204 g/mol. The van der Waals surface area contributed by atoms with Crippen molar-refractivity contribution >= 4 is 11.8 Å². The van der Waals surface area contributed by atoms with Crippen LogP contribution in [-0.4, -0.2) is 17.5 Å². The summed E-state index contributed by atoms with van der Waals surface area (Å²) in [6.45, 7) is 0.0847. The third kappa shape index (κ3) is 3.74. The van der Waals surface area contributed by atoms with Crippen LogP contribution in [0.5, 0.6) is 0 Å². The summed E-state index contributed by atoms with van der Waals surface area (Å²) in [6, 6.07) is 6.78. The molecule has 4 heteroatoms. The molecule has 0 heterocycles. The normalized spacial score (nSPS) is 10.8. The lowest BCUT2D eigenvalue weighted by Crippen LogP contribution is -1.90. The molecule has 0 aliphatic rings. The van der Waals surface area contributed by atoms with Crippen molar-refractivity contribution in [3.8, 4) is 0 Å². The molecule has 1 aromatic carbocycles. The van der Waals surface area contributed by atoms with Gasteiger partial charge in [0.2, 0.25) is 0 Å². The van der Waals surface area contributed by atoms with Gasteiger partial charge in [0, 0.05) is 11.5 Å². The second kappa shape index (κ2) is 5.19. The fourth-order valence-electron chi connectivity index (χ4n) is 0.967. The maximum Gasteiger partial charge on any atom is 0.288 e. The van der Waals surface area contributed by atoms with E-state index in [4.69, 9.17) is 5.11 Å². The van der Waals surface area contributed by atoms with E-state index < -0.39 is 5.76 Å². The van der Waals surface area contributed by atoms with Gasteiger partial charge in [-0.1, -0.05) is 23.9 Å². The first-order valence-corrected chi connectivity index (χ1v) is 4.75. The molecule has 0 unspecified atom stereocenters. The van der Waals surface area contributed by atoms with Crippen LogP contribution in [0.1, 0.15) is 5.56 Å². The molecule has 0 bridgehead atoms. The highest BCUT2D eigenvalue weighted by molar-refractivity contribution is 7.99. The number of hydrogen-bond acceptors (Lipinski definition) is 2. The van der Waals surface area contributed by atoms with E-state index >= 15 is 0 Å². The van der Waals surface area contributed by atoms with Crippen molar-refractivity contribution in [3.05, 3.63) is 29.8 Å². The molecule has 0 aliphatic heterocycles. The number of aliphatic hydroxyl groups excluding tert-OH is 1. The summed E-state index contributed by atoms with van der Waals surface area (Å²) in [5.41, 5.74) is 0.959. The standard InChI is InChI=1S/C9H10F2OS/c10-9(11)13-8-3-1-7(2-4-8)5-6-12/h1-4,9,12H,5-6H2. The highest BCUT2D eigenvalue weighted by Gasteiger charge is 2.04. The third-order valence-electron chi connectivity index (χ3n) is 1.55. The van der Waals surface area contributed by atoms with Crippen molar-refractivity contribution < 1.29 is 13.9 Å². The van der Waals surface area contributed by atoms with Crippen LogP contribution >= 0.6 is 11.8 Å². The average Bonchev–Trinajstić information content (AvgIpc) is 2.08. The van der Waals surface area contributed by atoms with Crippen molar-refractivity contribution in [1.29, 1.82) is 0 Å². The first kappa shape index (κ1) is 10.5. The fourth-order valence-corrected chi connectivity index (χ4v) is 1.47. The van der Waals surface area contributed by atoms with Crippen molar-refractivity contribution in [2.45, 2.75) is 17.1 Å². The lowest BCUT2D eigenvalue weighted by molar-refractivity contribution is 0.252. The molecule has 0 saturated heterocycles. The summed E-state index contributed by atoms with van der Waals surface area (Å²) in [6.07, 6.45) is 0.569. The second-order valence-electron chi connectivity index (χ2n) is 2.50. The molecule has 0 fully saturated rings. The number of alkyl halides is 2. The second-order valence-corrected chi connectivity index (χ2v) is 3.56. The molecule has 1 rings (SSSR count). The third-order valence-corrected chi connectivity index (χ3v) is 2.27.